The summed E-state index contributed by atoms with van der Waals surface area (Å²) < 4.78 is 7.22. The van der Waals surface area contributed by atoms with Crippen molar-refractivity contribution in [3.63, 3.8) is 0 Å². The zero-order valence-electron chi connectivity index (χ0n) is 15.8. The number of nitrogens with zero attached hydrogens (tertiary/aromatic N) is 4. The Morgan fingerprint density at radius 3 is 2.44 bits per heavy atom. The third kappa shape index (κ3) is 4.80. The molecule has 1 aromatic heterocycles. The number of anilines is 1. The van der Waals surface area contributed by atoms with Gasteiger partial charge in [-0.05, 0) is 45.7 Å². The second-order valence-electron chi connectivity index (χ2n) is 7.35. The highest BCUT2D eigenvalue weighted by molar-refractivity contribution is 5.93. The number of aromatic nitrogens is 2. The number of carbonyl (C=O) groups is 1. The van der Waals surface area contributed by atoms with Crippen LogP contribution in [0.3, 0.4) is 0 Å². The van der Waals surface area contributed by atoms with Gasteiger partial charge in [0.2, 0.25) is 5.91 Å². The molecule has 0 radical (unpaired) electrons. The van der Waals surface area contributed by atoms with E-state index in [1.54, 1.807) is 0 Å². The zero-order chi connectivity index (χ0) is 17.8. The summed E-state index contributed by atoms with van der Waals surface area (Å²) in [5.41, 5.74) is 2.72. The first kappa shape index (κ1) is 18.4. The lowest BCUT2D eigenvalue weighted by Gasteiger charge is -2.35. The Bertz CT molecular complexity index is 587. The van der Waals surface area contributed by atoms with E-state index >= 15 is 0 Å². The molecule has 3 heterocycles. The number of hydrogen-bond donors (Lipinski definition) is 1. The third-order valence-electron chi connectivity index (χ3n) is 5.47. The molecule has 1 N–H and O–H groups in total. The summed E-state index contributed by atoms with van der Waals surface area (Å²) in [7, 11) is 1.90. The number of rotatable bonds is 5. The predicted molar refractivity (Wildman–Crippen MR) is 97.7 cm³/mol. The van der Waals surface area contributed by atoms with Gasteiger partial charge in [-0.15, -0.1) is 0 Å². The van der Waals surface area contributed by atoms with E-state index in [4.69, 9.17) is 4.74 Å². The number of carbonyl (C=O) groups excluding carboxylic acids is 1. The number of nitrogens with one attached hydrogen (secondary N) is 1. The minimum absolute atomic E-state index is 0.0610. The van der Waals surface area contributed by atoms with E-state index in [1.807, 2.05) is 25.6 Å². The van der Waals surface area contributed by atoms with Crippen LogP contribution in [0.1, 0.15) is 24.2 Å². The van der Waals surface area contributed by atoms with Crippen molar-refractivity contribution in [2.75, 3.05) is 57.8 Å². The molecule has 2 aliphatic rings. The molecule has 0 aliphatic carbocycles. The number of likely N-dealkylation sites (tertiary alicyclic amines) is 1. The van der Waals surface area contributed by atoms with Crippen LogP contribution < -0.4 is 5.32 Å². The first-order valence-electron chi connectivity index (χ1n) is 9.35. The summed E-state index contributed by atoms with van der Waals surface area (Å²) in [6.45, 7) is 11.4. The Hall–Kier alpha value is -1.44. The van der Waals surface area contributed by atoms with Gasteiger partial charge in [-0.1, -0.05) is 0 Å². The summed E-state index contributed by atoms with van der Waals surface area (Å²) in [6.07, 6.45) is 2.35. The van der Waals surface area contributed by atoms with Gasteiger partial charge in [0.25, 0.3) is 0 Å². The highest BCUT2D eigenvalue weighted by Gasteiger charge is 2.24. The second-order valence-corrected chi connectivity index (χ2v) is 7.35. The maximum absolute atomic E-state index is 12.4. The molecule has 7 nitrogen and oxygen atoms in total. The topological polar surface area (TPSA) is 62.6 Å². The number of ether oxygens (including phenoxy) is 1. The van der Waals surface area contributed by atoms with E-state index < -0.39 is 0 Å². The van der Waals surface area contributed by atoms with Gasteiger partial charge in [-0.25, -0.2) is 0 Å². The molecule has 0 atom stereocenters. The molecule has 0 spiro atoms. The Labute approximate surface area is 150 Å². The first-order chi connectivity index (χ1) is 12.0. The summed E-state index contributed by atoms with van der Waals surface area (Å²) in [4.78, 5) is 17.2. The van der Waals surface area contributed by atoms with Crippen LogP contribution in [0.15, 0.2) is 0 Å². The Balaban J connectivity index is 1.41. The Morgan fingerprint density at radius 1 is 1.16 bits per heavy atom. The molecule has 0 bridgehead atoms. The van der Waals surface area contributed by atoms with Crippen molar-refractivity contribution in [3.8, 4) is 0 Å². The van der Waals surface area contributed by atoms with E-state index in [2.05, 4.69) is 20.2 Å². The van der Waals surface area contributed by atoms with Crippen LogP contribution in [-0.4, -0.2) is 78.0 Å². The molecule has 2 saturated heterocycles. The fraction of sp³-hybridized carbons (Fsp3) is 0.778. The summed E-state index contributed by atoms with van der Waals surface area (Å²) in [5, 5.41) is 7.39. The van der Waals surface area contributed by atoms with Gasteiger partial charge >= 0.3 is 0 Å². The monoisotopic (exact) mass is 349 g/mol. The maximum atomic E-state index is 12.4. The average molecular weight is 349 g/mol. The number of piperidine rings is 1. The SMILES string of the molecule is Cc1nn(C)c(C)c1NC(=O)CN1CCC(CN2CCOCC2)CC1. The maximum Gasteiger partial charge on any atom is 0.238 e. The fourth-order valence-corrected chi connectivity index (χ4v) is 3.81. The zero-order valence-corrected chi connectivity index (χ0v) is 15.8. The van der Waals surface area contributed by atoms with Crippen LogP contribution in [0.25, 0.3) is 0 Å². The van der Waals surface area contributed by atoms with Gasteiger partial charge in [-0.2, -0.15) is 5.10 Å². The first-order valence-corrected chi connectivity index (χ1v) is 9.35. The highest BCUT2D eigenvalue weighted by atomic mass is 16.5. The molecule has 0 unspecified atom stereocenters. The highest BCUT2D eigenvalue weighted by Crippen LogP contribution is 2.20. The molecule has 0 aromatic carbocycles. The van der Waals surface area contributed by atoms with Crippen molar-refractivity contribution in [2.24, 2.45) is 13.0 Å². The van der Waals surface area contributed by atoms with Crippen LogP contribution in [0, 0.1) is 19.8 Å². The van der Waals surface area contributed by atoms with Crippen molar-refractivity contribution in [2.45, 2.75) is 26.7 Å². The number of hydrogen-bond acceptors (Lipinski definition) is 5. The normalized spacial score (nSPS) is 20.8. The van der Waals surface area contributed by atoms with Gasteiger partial charge in [-0.3, -0.25) is 19.3 Å². The van der Waals surface area contributed by atoms with Crippen molar-refractivity contribution in [1.82, 2.24) is 19.6 Å². The fourth-order valence-electron chi connectivity index (χ4n) is 3.81. The predicted octanol–water partition coefficient (Wildman–Crippen LogP) is 1.02. The van der Waals surface area contributed by atoms with E-state index in [-0.39, 0.29) is 5.91 Å². The van der Waals surface area contributed by atoms with Crippen molar-refractivity contribution < 1.29 is 9.53 Å². The summed E-state index contributed by atoms with van der Waals surface area (Å²) in [6, 6.07) is 0. The van der Waals surface area contributed by atoms with Crippen molar-refractivity contribution in [3.05, 3.63) is 11.4 Å². The van der Waals surface area contributed by atoms with Crippen LogP contribution in [-0.2, 0) is 16.6 Å². The molecule has 3 rings (SSSR count). The van der Waals surface area contributed by atoms with Crippen molar-refractivity contribution >= 4 is 11.6 Å². The number of amides is 1. The minimum Gasteiger partial charge on any atom is -0.379 e. The summed E-state index contributed by atoms with van der Waals surface area (Å²) in [5.74, 6) is 0.811. The van der Waals surface area contributed by atoms with Crippen LogP contribution in [0.2, 0.25) is 0 Å². The molecule has 25 heavy (non-hydrogen) atoms. The quantitative estimate of drug-likeness (QED) is 0.860. The van der Waals surface area contributed by atoms with Gasteiger partial charge in [0.1, 0.15) is 0 Å². The largest absolute Gasteiger partial charge is 0.379 e. The Morgan fingerprint density at radius 2 is 1.84 bits per heavy atom. The standard InChI is InChI=1S/C18H31N5O2/c1-14-18(15(2)21(3)20-14)19-17(24)13-22-6-4-16(5-7-22)12-23-8-10-25-11-9-23/h16H,4-13H2,1-3H3,(H,19,24). The van der Waals surface area contributed by atoms with E-state index in [1.165, 1.54) is 19.4 Å². The molecular formula is C18H31N5O2. The van der Waals surface area contributed by atoms with E-state index in [0.29, 0.717) is 6.54 Å². The minimum atomic E-state index is 0.0610. The van der Waals surface area contributed by atoms with Gasteiger partial charge in [0.05, 0.1) is 36.8 Å². The molecule has 140 valence electrons. The number of morpholine rings is 1. The second kappa shape index (κ2) is 8.29. The van der Waals surface area contributed by atoms with Crippen molar-refractivity contribution in [1.29, 1.82) is 0 Å². The molecule has 1 aromatic rings. The molecule has 1 amide bonds. The van der Waals surface area contributed by atoms with Crippen LogP contribution in [0.5, 0.6) is 0 Å². The van der Waals surface area contributed by atoms with Gasteiger partial charge < -0.3 is 10.1 Å². The lowest BCUT2D eigenvalue weighted by Crippen LogP contribution is -2.44. The lowest BCUT2D eigenvalue weighted by atomic mass is 9.96. The van der Waals surface area contributed by atoms with Crippen LogP contribution >= 0.6 is 0 Å². The molecule has 2 aliphatic heterocycles. The molecule has 0 saturated carbocycles. The third-order valence-corrected chi connectivity index (χ3v) is 5.47. The molecular weight excluding hydrogens is 318 g/mol. The average Bonchev–Trinajstić information content (AvgIpc) is 2.84. The number of aryl methyl sites for hydroxylation is 2. The summed E-state index contributed by atoms with van der Waals surface area (Å²) >= 11 is 0. The van der Waals surface area contributed by atoms with Gasteiger partial charge in [0, 0.05) is 26.7 Å². The molecule has 7 heteroatoms. The lowest BCUT2D eigenvalue weighted by molar-refractivity contribution is -0.117. The van der Waals surface area contributed by atoms with E-state index in [9.17, 15) is 4.79 Å². The smallest absolute Gasteiger partial charge is 0.238 e. The van der Waals surface area contributed by atoms with E-state index in [0.717, 1.165) is 62.4 Å². The Kier molecular flexibility index (Phi) is 6.09. The molecule has 2 fully saturated rings. The van der Waals surface area contributed by atoms with Crippen LogP contribution in [0.4, 0.5) is 5.69 Å². The van der Waals surface area contributed by atoms with Gasteiger partial charge in [0.15, 0.2) is 0 Å².